The second-order valence-corrected chi connectivity index (χ2v) is 6.92. The number of para-hydroxylation sites is 1. The van der Waals surface area contributed by atoms with Crippen LogP contribution in [0.4, 0.5) is 0 Å². The van der Waals surface area contributed by atoms with E-state index in [1.165, 1.54) is 0 Å². The molecule has 5 rings (SSSR count). The number of imidazole rings is 1. The summed E-state index contributed by atoms with van der Waals surface area (Å²) >= 11 is 0. The lowest BCUT2D eigenvalue weighted by Gasteiger charge is -2.05. The van der Waals surface area contributed by atoms with Crippen LogP contribution in [0.2, 0.25) is 0 Å². The van der Waals surface area contributed by atoms with E-state index in [0.29, 0.717) is 11.4 Å². The van der Waals surface area contributed by atoms with E-state index in [0.717, 1.165) is 22.3 Å². The molecule has 0 radical (unpaired) electrons. The van der Waals surface area contributed by atoms with Crippen LogP contribution >= 0.6 is 0 Å². The Labute approximate surface area is 182 Å². The van der Waals surface area contributed by atoms with Gasteiger partial charge < -0.3 is 4.98 Å². The number of nitrogens with zero attached hydrogens (tertiary/aromatic N) is 4. The van der Waals surface area contributed by atoms with Crippen LogP contribution in [-0.4, -0.2) is 36.5 Å². The molecule has 0 fully saturated rings. The topological polar surface area (TPSA) is 118 Å². The molecule has 9 heteroatoms. The first-order chi connectivity index (χ1) is 15.7. The number of fused-ring (bicyclic) bond motifs is 1. The first-order valence-electron chi connectivity index (χ1n) is 9.81. The highest BCUT2D eigenvalue weighted by Gasteiger charge is 2.19. The minimum atomic E-state index is -0.632. The lowest BCUT2D eigenvalue weighted by atomic mass is 10.2. The number of amides is 2. The lowest BCUT2D eigenvalue weighted by Crippen LogP contribution is -2.42. The normalized spacial score (nSPS) is 10.8. The summed E-state index contributed by atoms with van der Waals surface area (Å²) in [5, 5.41) is 4.37. The largest absolute Gasteiger partial charge is 0.345 e. The maximum atomic E-state index is 12.7. The minimum Gasteiger partial charge on any atom is -0.345 e. The SMILES string of the molecule is O=C(NNC(=O)c1nc(-c2ccccc2)n(-c2ccccc2)n1)c1ccc2nc[nH]c2c1. The van der Waals surface area contributed by atoms with Crippen molar-refractivity contribution in [1.82, 2.24) is 35.6 Å². The Bertz CT molecular complexity index is 1350. The monoisotopic (exact) mass is 423 g/mol. The molecular formula is C23H17N7O2. The van der Waals surface area contributed by atoms with Crippen LogP contribution in [0.5, 0.6) is 0 Å². The molecule has 2 amide bonds. The number of hydrogen-bond donors (Lipinski definition) is 3. The number of aromatic amines is 1. The molecule has 0 unspecified atom stereocenters. The summed E-state index contributed by atoms with van der Waals surface area (Å²) in [5.41, 5.74) is 8.18. The van der Waals surface area contributed by atoms with E-state index >= 15 is 0 Å². The van der Waals surface area contributed by atoms with Crippen LogP contribution in [0.1, 0.15) is 21.0 Å². The third kappa shape index (κ3) is 3.70. The number of H-pyrrole nitrogens is 1. The van der Waals surface area contributed by atoms with E-state index in [9.17, 15) is 9.59 Å². The predicted molar refractivity (Wildman–Crippen MR) is 118 cm³/mol. The highest BCUT2D eigenvalue weighted by molar-refractivity contribution is 5.99. The number of aromatic nitrogens is 5. The number of carbonyl (C=O) groups is 2. The third-order valence-corrected chi connectivity index (χ3v) is 4.81. The van der Waals surface area contributed by atoms with Gasteiger partial charge in [-0.25, -0.2) is 14.6 Å². The van der Waals surface area contributed by atoms with Gasteiger partial charge in [0.25, 0.3) is 5.91 Å². The Morgan fingerprint density at radius 3 is 2.34 bits per heavy atom. The number of benzene rings is 3. The summed E-state index contributed by atoms with van der Waals surface area (Å²) in [6, 6.07) is 23.8. The number of nitrogens with one attached hydrogen (secondary N) is 3. The summed E-state index contributed by atoms with van der Waals surface area (Å²) in [7, 11) is 0. The fourth-order valence-electron chi connectivity index (χ4n) is 3.25. The van der Waals surface area contributed by atoms with E-state index in [1.807, 2.05) is 60.7 Å². The maximum Gasteiger partial charge on any atom is 0.309 e. The average molecular weight is 423 g/mol. The van der Waals surface area contributed by atoms with Crippen molar-refractivity contribution in [3.8, 4) is 17.1 Å². The first kappa shape index (κ1) is 19.2. The van der Waals surface area contributed by atoms with Crippen molar-refractivity contribution in [2.24, 2.45) is 0 Å². The van der Waals surface area contributed by atoms with Gasteiger partial charge in [-0.3, -0.25) is 20.4 Å². The quantitative estimate of drug-likeness (QED) is 0.384. The van der Waals surface area contributed by atoms with Gasteiger partial charge >= 0.3 is 5.91 Å². The molecule has 3 aromatic carbocycles. The molecule has 2 heterocycles. The Morgan fingerprint density at radius 1 is 0.844 bits per heavy atom. The van der Waals surface area contributed by atoms with Gasteiger partial charge in [0.05, 0.1) is 23.0 Å². The molecule has 0 atom stereocenters. The second-order valence-electron chi connectivity index (χ2n) is 6.92. The Kier molecular flexibility index (Phi) is 4.89. The molecule has 156 valence electrons. The minimum absolute atomic E-state index is 0.0722. The molecule has 0 aliphatic rings. The maximum absolute atomic E-state index is 12.7. The van der Waals surface area contributed by atoms with Crippen LogP contribution in [0, 0.1) is 0 Å². The van der Waals surface area contributed by atoms with Gasteiger partial charge in [0.1, 0.15) is 0 Å². The standard InChI is InChI=1S/C23H17N7O2/c31-22(16-11-12-18-19(13-16)25-14-24-18)27-28-23(32)20-26-21(15-7-3-1-4-8-15)30(29-20)17-9-5-2-6-10-17/h1-14H,(H,24,25)(H,27,31)(H,28,32). The van der Waals surface area contributed by atoms with Gasteiger partial charge in [-0.15, -0.1) is 5.10 Å². The number of hydrogen-bond acceptors (Lipinski definition) is 5. The molecule has 0 aliphatic heterocycles. The second kappa shape index (κ2) is 8.15. The fraction of sp³-hybridized carbons (Fsp3) is 0. The van der Waals surface area contributed by atoms with Crippen molar-refractivity contribution in [2.75, 3.05) is 0 Å². The van der Waals surface area contributed by atoms with Gasteiger partial charge in [-0.2, -0.15) is 0 Å². The number of hydrazine groups is 1. The van der Waals surface area contributed by atoms with Crippen LogP contribution in [0.25, 0.3) is 28.1 Å². The van der Waals surface area contributed by atoms with Crippen molar-refractivity contribution in [1.29, 1.82) is 0 Å². The van der Waals surface area contributed by atoms with E-state index in [1.54, 1.807) is 29.2 Å². The Balaban J connectivity index is 1.38. The van der Waals surface area contributed by atoms with E-state index < -0.39 is 11.8 Å². The van der Waals surface area contributed by atoms with Gasteiger partial charge in [-0.05, 0) is 30.3 Å². The molecule has 2 aromatic heterocycles. The van der Waals surface area contributed by atoms with Crippen LogP contribution < -0.4 is 10.9 Å². The molecule has 0 spiro atoms. The summed E-state index contributed by atoms with van der Waals surface area (Å²) in [5.74, 6) is -0.663. The van der Waals surface area contributed by atoms with E-state index in [2.05, 4.69) is 30.9 Å². The molecule has 0 bridgehead atoms. The Hall–Kier alpha value is -4.79. The van der Waals surface area contributed by atoms with Crippen molar-refractivity contribution in [3.63, 3.8) is 0 Å². The zero-order valence-corrected chi connectivity index (χ0v) is 16.7. The van der Waals surface area contributed by atoms with Gasteiger partial charge in [-0.1, -0.05) is 48.5 Å². The van der Waals surface area contributed by atoms with Gasteiger partial charge in [0.2, 0.25) is 5.82 Å². The van der Waals surface area contributed by atoms with Crippen LogP contribution in [0.15, 0.2) is 85.2 Å². The molecule has 0 saturated carbocycles. The van der Waals surface area contributed by atoms with Gasteiger partial charge in [0, 0.05) is 11.1 Å². The van der Waals surface area contributed by atoms with Crippen molar-refractivity contribution >= 4 is 22.8 Å². The third-order valence-electron chi connectivity index (χ3n) is 4.81. The summed E-state index contributed by atoms with van der Waals surface area (Å²) in [6.07, 6.45) is 1.55. The molecule has 9 nitrogen and oxygen atoms in total. The first-order valence-corrected chi connectivity index (χ1v) is 9.81. The van der Waals surface area contributed by atoms with Crippen molar-refractivity contribution < 1.29 is 9.59 Å². The predicted octanol–water partition coefficient (Wildman–Crippen LogP) is 2.89. The Morgan fingerprint density at radius 2 is 1.56 bits per heavy atom. The molecule has 5 aromatic rings. The van der Waals surface area contributed by atoms with Crippen LogP contribution in [0.3, 0.4) is 0 Å². The summed E-state index contributed by atoms with van der Waals surface area (Å²) in [6.45, 7) is 0. The fourth-order valence-corrected chi connectivity index (χ4v) is 3.25. The number of carbonyl (C=O) groups excluding carboxylic acids is 2. The van der Waals surface area contributed by atoms with E-state index in [-0.39, 0.29) is 5.82 Å². The molecular weight excluding hydrogens is 406 g/mol. The lowest BCUT2D eigenvalue weighted by molar-refractivity contribution is 0.0841. The van der Waals surface area contributed by atoms with Gasteiger partial charge in [0.15, 0.2) is 5.82 Å². The molecule has 0 aliphatic carbocycles. The zero-order chi connectivity index (χ0) is 21.9. The van der Waals surface area contributed by atoms with E-state index in [4.69, 9.17) is 0 Å². The molecule has 0 saturated heterocycles. The summed E-state index contributed by atoms with van der Waals surface area (Å²) in [4.78, 5) is 36.6. The zero-order valence-electron chi connectivity index (χ0n) is 16.7. The van der Waals surface area contributed by atoms with Crippen LogP contribution in [-0.2, 0) is 0 Å². The molecule has 3 N–H and O–H groups in total. The highest BCUT2D eigenvalue weighted by atomic mass is 16.2. The van der Waals surface area contributed by atoms with Crippen molar-refractivity contribution in [2.45, 2.75) is 0 Å². The molecule has 32 heavy (non-hydrogen) atoms. The highest BCUT2D eigenvalue weighted by Crippen LogP contribution is 2.21. The number of rotatable bonds is 4. The summed E-state index contributed by atoms with van der Waals surface area (Å²) < 4.78 is 1.60. The van der Waals surface area contributed by atoms with Crippen molar-refractivity contribution in [3.05, 3.63) is 96.6 Å². The smallest absolute Gasteiger partial charge is 0.309 e. The average Bonchev–Trinajstić information content (AvgIpc) is 3.50.